The lowest BCUT2D eigenvalue weighted by Gasteiger charge is -2.25. The van der Waals surface area contributed by atoms with Gasteiger partial charge in [0, 0.05) is 11.7 Å². The van der Waals surface area contributed by atoms with Crippen LogP contribution in [0.2, 0.25) is 0 Å². The van der Waals surface area contributed by atoms with Crippen LogP contribution < -0.4 is 10.6 Å². The summed E-state index contributed by atoms with van der Waals surface area (Å²) in [4.78, 5) is 23.9. The van der Waals surface area contributed by atoms with Crippen LogP contribution in [-0.4, -0.2) is 29.1 Å². The van der Waals surface area contributed by atoms with Crippen LogP contribution in [0.25, 0.3) is 0 Å². The van der Waals surface area contributed by atoms with Crippen molar-refractivity contribution in [2.75, 3.05) is 5.32 Å². The van der Waals surface area contributed by atoms with Gasteiger partial charge in [-0.1, -0.05) is 31.9 Å². The molecular formula is C19H28N2O3. The molecule has 132 valence electrons. The van der Waals surface area contributed by atoms with E-state index in [2.05, 4.69) is 17.6 Å². The van der Waals surface area contributed by atoms with Crippen molar-refractivity contribution in [3.8, 4) is 0 Å². The van der Waals surface area contributed by atoms with E-state index in [9.17, 15) is 14.7 Å². The maximum Gasteiger partial charge on any atom is 0.313 e. The minimum atomic E-state index is -0.639. The minimum Gasteiger partial charge on any atom is -0.393 e. The molecule has 0 bridgehead atoms. The Balaban J connectivity index is 1.77. The van der Waals surface area contributed by atoms with Crippen LogP contribution in [0.1, 0.15) is 57.4 Å². The second-order valence-electron chi connectivity index (χ2n) is 6.59. The maximum atomic E-state index is 12.0. The first-order valence-corrected chi connectivity index (χ1v) is 8.97. The third-order valence-electron chi connectivity index (χ3n) is 4.52. The van der Waals surface area contributed by atoms with Crippen LogP contribution in [-0.2, 0) is 16.0 Å². The van der Waals surface area contributed by atoms with Crippen molar-refractivity contribution in [1.82, 2.24) is 5.32 Å². The highest BCUT2D eigenvalue weighted by Gasteiger charge is 2.23. The fourth-order valence-corrected chi connectivity index (χ4v) is 2.99. The molecule has 1 aromatic carbocycles. The van der Waals surface area contributed by atoms with Gasteiger partial charge in [-0.05, 0) is 56.2 Å². The van der Waals surface area contributed by atoms with Gasteiger partial charge in [-0.2, -0.15) is 0 Å². The zero-order valence-corrected chi connectivity index (χ0v) is 14.4. The summed E-state index contributed by atoms with van der Waals surface area (Å²) in [5.41, 5.74) is 1.88. The first-order chi connectivity index (χ1) is 11.6. The molecule has 3 N–H and O–H groups in total. The zero-order valence-electron chi connectivity index (χ0n) is 14.4. The van der Waals surface area contributed by atoms with Crippen molar-refractivity contribution in [3.63, 3.8) is 0 Å². The summed E-state index contributed by atoms with van der Waals surface area (Å²) in [7, 11) is 0. The van der Waals surface area contributed by atoms with Gasteiger partial charge in [0.15, 0.2) is 0 Å². The first-order valence-electron chi connectivity index (χ1n) is 8.97. The highest BCUT2D eigenvalue weighted by molar-refractivity contribution is 6.39. The average molecular weight is 332 g/mol. The lowest BCUT2D eigenvalue weighted by Crippen LogP contribution is -2.43. The van der Waals surface area contributed by atoms with E-state index in [4.69, 9.17) is 0 Å². The molecule has 0 saturated heterocycles. The molecule has 1 aliphatic rings. The fraction of sp³-hybridized carbons (Fsp3) is 0.579. The van der Waals surface area contributed by atoms with Crippen molar-refractivity contribution in [2.24, 2.45) is 0 Å². The SMILES string of the molecule is CCCCCc1ccc(NC(=O)C(=O)NC2CCC(O)CC2)cc1. The van der Waals surface area contributed by atoms with E-state index >= 15 is 0 Å². The van der Waals surface area contributed by atoms with Crippen LogP contribution in [0.4, 0.5) is 5.69 Å². The topological polar surface area (TPSA) is 78.4 Å². The third kappa shape index (κ3) is 5.96. The van der Waals surface area contributed by atoms with Gasteiger partial charge < -0.3 is 15.7 Å². The smallest absolute Gasteiger partial charge is 0.313 e. The van der Waals surface area contributed by atoms with E-state index in [-0.39, 0.29) is 12.1 Å². The molecule has 0 spiro atoms. The van der Waals surface area contributed by atoms with Gasteiger partial charge in [0.1, 0.15) is 0 Å². The average Bonchev–Trinajstić information content (AvgIpc) is 2.58. The molecule has 0 atom stereocenters. The number of aliphatic hydroxyl groups excluding tert-OH is 1. The number of carbonyl (C=O) groups excluding carboxylic acids is 2. The Labute approximate surface area is 143 Å². The Morgan fingerprint density at radius 2 is 1.71 bits per heavy atom. The summed E-state index contributed by atoms with van der Waals surface area (Å²) >= 11 is 0. The van der Waals surface area contributed by atoms with Gasteiger partial charge >= 0.3 is 11.8 Å². The fourth-order valence-electron chi connectivity index (χ4n) is 2.99. The lowest BCUT2D eigenvalue weighted by molar-refractivity contribution is -0.136. The van der Waals surface area contributed by atoms with Crippen molar-refractivity contribution in [1.29, 1.82) is 0 Å². The molecule has 5 heteroatoms. The van der Waals surface area contributed by atoms with Crippen LogP contribution in [0.5, 0.6) is 0 Å². The van der Waals surface area contributed by atoms with E-state index in [1.807, 2.05) is 24.3 Å². The highest BCUT2D eigenvalue weighted by Crippen LogP contribution is 2.18. The molecule has 1 saturated carbocycles. The number of nitrogens with one attached hydrogen (secondary N) is 2. The van der Waals surface area contributed by atoms with E-state index in [0.29, 0.717) is 31.4 Å². The van der Waals surface area contributed by atoms with Gasteiger partial charge in [-0.25, -0.2) is 0 Å². The van der Waals surface area contributed by atoms with Gasteiger partial charge in [-0.15, -0.1) is 0 Å². The Kier molecular flexibility index (Phi) is 7.25. The molecule has 1 aromatic rings. The van der Waals surface area contributed by atoms with Gasteiger partial charge in [-0.3, -0.25) is 9.59 Å². The van der Waals surface area contributed by atoms with Gasteiger partial charge in [0.05, 0.1) is 6.10 Å². The second-order valence-corrected chi connectivity index (χ2v) is 6.59. The van der Waals surface area contributed by atoms with Crippen LogP contribution in [0.15, 0.2) is 24.3 Å². The number of rotatable bonds is 6. The number of hydrogen-bond acceptors (Lipinski definition) is 3. The number of aryl methyl sites for hydroxylation is 1. The number of anilines is 1. The maximum absolute atomic E-state index is 12.0. The molecule has 0 radical (unpaired) electrons. The summed E-state index contributed by atoms with van der Waals surface area (Å²) in [6, 6.07) is 7.64. The van der Waals surface area contributed by atoms with Crippen LogP contribution in [0.3, 0.4) is 0 Å². The first kappa shape index (κ1) is 18.5. The molecule has 24 heavy (non-hydrogen) atoms. The molecule has 5 nitrogen and oxygen atoms in total. The Bertz CT molecular complexity index is 534. The summed E-state index contributed by atoms with van der Waals surface area (Å²) in [5, 5.41) is 14.8. The Hall–Kier alpha value is -1.88. The lowest BCUT2D eigenvalue weighted by atomic mass is 9.93. The summed E-state index contributed by atoms with van der Waals surface area (Å²) in [6.45, 7) is 2.18. The molecule has 2 rings (SSSR count). The van der Waals surface area contributed by atoms with Crippen LogP contribution in [0, 0.1) is 0 Å². The highest BCUT2D eigenvalue weighted by atomic mass is 16.3. The number of carbonyl (C=O) groups is 2. The monoisotopic (exact) mass is 332 g/mol. The van der Waals surface area contributed by atoms with Gasteiger partial charge in [0.25, 0.3) is 0 Å². The van der Waals surface area contributed by atoms with Crippen LogP contribution >= 0.6 is 0 Å². The van der Waals surface area contributed by atoms with Crippen molar-refractivity contribution in [3.05, 3.63) is 29.8 Å². The van der Waals surface area contributed by atoms with Crippen molar-refractivity contribution < 1.29 is 14.7 Å². The van der Waals surface area contributed by atoms with Crippen molar-refractivity contribution in [2.45, 2.75) is 70.4 Å². The normalized spacial score (nSPS) is 20.4. The third-order valence-corrected chi connectivity index (χ3v) is 4.52. The second kappa shape index (κ2) is 9.42. The molecule has 0 aliphatic heterocycles. The van der Waals surface area contributed by atoms with E-state index in [1.54, 1.807) is 0 Å². The van der Waals surface area contributed by atoms with Gasteiger partial charge in [0.2, 0.25) is 0 Å². The number of unbranched alkanes of at least 4 members (excludes halogenated alkanes) is 2. The molecule has 0 aromatic heterocycles. The number of amides is 2. The number of hydrogen-bond donors (Lipinski definition) is 3. The molecule has 0 heterocycles. The number of aliphatic hydroxyl groups is 1. The summed E-state index contributed by atoms with van der Waals surface area (Å²) < 4.78 is 0. The molecule has 2 amide bonds. The predicted molar refractivity (Wildman–Crippen MR) is 94.7 cm³/mol. The standard InChI is InChI=1S/C19H28N2O3/c1-2-3-4-5-14-6-8-15(9-7-14)20-18(23)19(24)21-16-10-12-17(22)13-11-16/h6-9,16-17,22H,2-5,10-13H2,1H3,(H,20,23)(H,21,24). The largest absolute Gasteiger partial charge is 0.393 e. The Morgan fingerprint density at radius 3 is 2.33 bits per heavy atom. The molecule has 0 unspecified atom stereocenters. The molecule has 1 fully saturated rings. The minimum absolute atomic E-state index is 0.0207. The van der Waals surface area contributed by atoms with Crippen molar-refractivity contribution >= 4 is 17.5 Å². The van der Waals surface area contributed by atoms with E-state index in [0.717, 1.165) is 6.42 Å². The predicted octanol–water partition coefficient (Wildman–Crippen LogP) is 2.78. The zero-order chi connectivity index (χ0) is 17.4. The molecule has 1 aliphatic carbocycles. The quantitative estimate of drug-likeness (QED) is 0.554. The van der Waals surface area contributed by atoms with E-state index < -0.39 is 11.8 Å². The summed E-state index contributed by atoms with van der Waals surface area (Å²) in [5.74, 6) is -1.25. The Morgan fingerprint density at radius 1 is 1.04 bits per heavy atom. The molecular weight excluding hydrogens is 304 g/mol. The van der Waals surface area contributed by atoms with E-state index in [1.165, 1.54) is 24.8 Å². The number of benzene rings is 1. The summed E-state index contributed by atoms with van der Waals surface area (Å²) in [6.07, 6.45) is 7.12.